The van der Waals surface area contributed by atoms with E-state index in [1.54, 1.807) is 0 Å². The lowest BCUT2D eigenvalue weighted by atomic mass is 9.97. The summed E-state index contributed by atoms with van der Waals surface area (Å²) in [6, 6.07) is 0.566. The van der Waals surface area contributed by atoms with Crippen molar-refractivity contribution < 1.29 is 36.3 Å². The Kier molecular flexibility index (Phi) is 5.59. The number of halogens is 2. The van der Waals surface area contributed by atoms with Gasteiger partial charge in [0.25, 0.3) is 0 Å². The summed E-state index contributed by atoms with van der Waals surface area (Å²) in [6.45, 7) is 0.136. The van der Waals surface area contributed by atoms with E-state index in [1.807, 2.05) is 0 Å². The van der Waals surface area contributed by atoms with Gasteiger partial charge < -0.3 is 9.47 Å². The van der Waals surface area contributed by atoms with Gasteiger partial charge in [0, 0.05) is 18.9 Å². The van der Waals surface area contributed by atoms with Crippen LogP contribution in [0.4, 0.5) is 8.78 Å². The number of Topliss-reactive ketones (excluding diaryl/α,β-unsaturated/α-hetero) is 1. The van der Waals surface area contributed by atoms with Crippen molar-refractivity contribution in [3.05, 3.63) is 29.3 Å². The van der Waals surface area contributed by atoms with Gasteiger partial charge in [-0.2, -0.15) is 4.31 Å². The molecule has 0 N–H and O–H groups in total. The predicted molar refractivity (Wildman–Crippen MR) is 88.5 cm³/mol. The monoisotopic (exact) mass is 403 g/mol. The van der Waals surface area contributed by atoms with Crippen LogP contribution in [0.1, 0.15) is 29.6 Å². The van der Waals surface area contributed by atoms with Crippen LogP contribution < -0.4 is 0 Å². The van der Waals surface area contributed by atoms with Gasteiger partial charge in [0.2, 0.25) is 10.0 Å². The predicted octanol–water partition coefficient (Wildman–Crippen LogP) is 1.51. The summed E-state index contributed by atoms with van der Waals surface area (Å²) in [5, 5.41) is 0. The quantitative estimate of drug-likeness (QED) is 0.708. The average Bonchev–Trinajstić information content (AvgIpc) is 3.08. The number of nitrogens with zero attached hydrogens (tertiary/aromatic N) is 1. The maximum absolute atomic E-state index is 13.9. The van der Waals surface area contributed by atoms with Crippen LogP contribution in [-0.2, 0) is 24.3 Å². The van der Waals surface area contributed by atoms with Crippen molar-refractivity contribution in [2.45, 2.75) is 30.2 Å². The Hall–Kier alpha value is -1.91. The molecule has 3 rings (SSSR count). The summed E-state index contributed by atoms with van der Waals surface area (Å²) in [7, 11) is -3.31. The minimum atomic E-state index is -4.29. The first kappa shape index (κ1) is 19.8. The lowest BCUT2D eigenvalue weighted by Gasteiger charge is -2.37. The van der Waals surface area contributed by atoms with E-state index in [-0.39, 0.29) is 25.5 Å². The van der Waals surface area contributed by atoms with E-state index in [1.165, 1.54) is 0 Å². The molecular formula is C17H19F2NO6S. The van der Waals surface area contributed by atoms with Crippen LogP contribution in [0.5, 0.6) is 0 Å². The molecule has 10 heteroatoms. The Morgan fingerprint density at radius 1 is 1.33 bits per heavy atom. The second kappa shape index (κ2) is 7.61. The first-order valence-electron chi connectivity index (χ1n) is 8.47. The Morgan fingerprint density at radius 2 is 2.07 bits per heavy atom. The zero-order valence-electron chi connectivity index (χ0n) is 14.6. The Morgan fingerprint density at radius 3 is 2.70 bits per heavy atom. The number of rotatable bonds is 4. The molecule has 0 bridgehead atoms. The maximum Gasteiger partial charge on any atom is 0.341 e. The molecule has 2 fully saturated rings. The molecule has 1 saturated heterocycles. The van der Waals surface area contributed by atoms with E-state index in [0.29, 0.717) is 25.3 Å². The molecule has 27 heavy (non-hydrogen) atoms. The summed E-state index contributed by atoms with van der Waals surface area (Å²) in [6.07, 6.45) is 1.60. The number of carbonyl (C=O) groups excluding carboxylic acids is 2. The van der Waals surface area contributed by atoms with Crippen LogP contribution in [0.2, 0.25) is 0 Å². The number of hydrogen-bond donors (Lipinski definition) is 0. The first-order valence-corrected chi connectivity index (χ1v) is 9.91. The number of esters is 1. The van der Waals surface area contributed by atoms with Crippen LogP contribution in [0.3, 0.4) is 0 Å². The van der Waals surface area contributed by atoms with Gasteiger partial charge in [-0.1, -0.05) is 0 Å². The van der Waals surface area contributed by atoms with Gasteiger partial charge in [0.15, 0.2) is 11.6 Å². The van der Waals surface area contributed by atoms with Gasteiger partial charge in [0.05, 0.1) is 36.8 Å². The van der Waals surface area contributed by atoms with E-state index in [0.717, 1.165) is 17.5 Å². The molecule has 0 amide bonds. The number of sulfonamides is 1. The lowest BCUT2D eigenvalue weighted by molar-refractivity contribution is -0.123. The molecule has 1 saturated carbocycles. The van der Waals surface area contributed by atoms with E-state index < -0.39 is 50.0 Å². The van der Waals surface area contributed by atoms with Gasteiger partial charge in [-0.25, -0.2) is 22.0 Å². The van der Waals surface area contributed by atoms with Crippen LogP contribution in [0.15, 0.2) is 17.0 Å². The molecule has 0 unspecified atom stereocenters. The van der Waals surface area contributed by atoms with E-state index in [2.05, 4.69) is 4.74 Å². The fourth-order valence-electron chi connectivity index (χ4n) is 3.58. The van der Waals surface area contributed by atoms with Gasteiger partial charge in [-0.15, -0.1) is 0 Å². The maximum atomic E-state index is 13.9. The molecule has 2 aliphatic rings. The number of ether oxygens (including phenoxy) is 2. The topological polar surface area (TPSA) is 90.0 Å². The largest absolute Gasteiger partial charge is 0.465 e. The van der Waals surface area contributed by atoms with Crippen molar-refractivity contribution in [2.75, 3.05) is 26.9 Å². The molecule has 1 aromatic rings. The van der Waals surface area contributed by atoms with Crippen LogP contribution in [0.25, 0.3) is 0 Å². The highest BCUT2D eigenvalue weighted by molar-refractivity contribution is 7.89. The lowest BCUT2D eigenvalue weighted by Crippen LogP contribution is -2.52. The SMILES string of the molecule is COC(=O)c1cc(S(=O)(=O)N2CCOC[C@H]2[C@@H]2CCCC2=O)cc(F)c1F. The highest BCUT2D eigenvalue weighted by atomic mass is 32.2. The highest BCUT2D eigenvalue weighted by Gasteiger charge is 2.43. The first-order chi connectivity index (χ1) is 12.8. The Labute approximate surface area is 155 Å². The number of carbonyl (C=O) groups is 2. The standard InChI is InChI=1S/C17H19F2NO6S/c1-25-17(22)12-7-10(8-13(18)16(12)19)27(23,24)20-5-6-26-9-14(20)11-3-2-4-15(11)21/h7-8,11,14H,2-6,9H2,1H3/t11-,14-/m0/s1. The Balaban J connectivity index is 2.03. The van der Waals surface area contributed by atoms with Gasteiger partial charge in [-0.3, -0.25) is 4.79 Å². The fourth-order valence-corrected chi connectivity index (χ4v) is 5.25. The van der Waals surface area contributed by atoms with Crippen molar-refractivity contribution in [1.82, 2.24) is 4.31 Å². The molecule has 1 aliphatic carbocycles. The number of hydrogen-bond acceptors (Lipinski definition) is 6. The normalized spacial score (nSPS) is 24.2. The zero-order chi connectivity index (χ0) is 19.8. The van der Waals surface area contributed by atoms with Crippen molar-refractivity contribution in [3.63, 3.8) is 0 Å². The molecule has 1 aliphatic heterocycles. The molecule has 2 atom stereocenters. The fraction of sp³-hybridized carbons (Fsp3) is 0.529. The third-order valence-corrected chi connectivity index (χ3v) is 6.85. The zero-order valence-corrected chi connectivity index (χ0v) is 15.4. The number of morpholine rings is 1. The summed E-state index contributed by atoms with van der Waals surface area (Å²) >= 11 is 0. The smallest absolute Gasteiger partial charge is 0.341 e. The number of methoxy groups -OCH3 is 1. The second-order valence-electron chi connectivity index (χ2n) is 6.48. The van der Waals surface area contributed by atoms with Crippen molar-refractivity contribution in [3.8, 4) is 0 Å². The molecule has 148 valence electrons. The van der Waals surface area contributed by atoms with Crippen LogP contribution in [0, 0.1) is 17.6 Å². The van der Waals surface area contributed by atoms with E-state index in [9.17, 15) is 26.8 Å². The van der Waals surface area contributed by atoms with Crippen molar-refractivity contribution >= 4 is 21.8 Å². The number of benzene rings is 1. The van der Waals surface area contributed by atoms with E-state index >= 15 is 0 Å². The minimum absolute atomic E-state index is 0.0245. The summed E-state index contributed by atoms with van der Waals surface area (Å²) < 4.78 is 64.9. The summed E-state index contributed by atoms with van der Waals surface area (Å²) in [5.74, 6) is -4.67. The minimum Gasteiger partial charge on any atom is -0.465 e. The van der Waals surface area contributed by atoms with E-state index in [4.69, 9.17) is 4.74 Å². The van der Waals surface area contributed by atoms with Crippen LogP contribution >= 0.6 is 0 Å². The summed E-state index contributed by atoms with van der Waals surface area (Å²) in [4.78, 5) is 23.2. The van der Waals surface area contributed by atoms with Crippen LogP contribution in [-0.4, -0.2) is 57.4 Å². The second-order valence-corrected chi connectivity index (χ2v) is 8.37. The third kappa shape index (κ3) is 3.61. The summed E-state index contributed by atoms with van der Waals surface area (Å²) in [5.41, 5.74) is -0.808. The van der Waals surface area contributed by atoms with Crippen molar-refractivity contribution in [1.29, 1.82) is 0 Å². The van der Waals surface area contributed by atoms with Gasteiger partial charge >= 0.3 is 5.97 Å². The highest BCUT2D eigenvalue weighted by Crippen LogP contribution is 2.33. The Bertz CT molecular complexity index is 872. The third-order valence-electron chi connectivity index (χ3n) is 4.94. The van der Waals surface area contributed by atoms with Gasteiger partial charge in [-0.05, 0) is 25.0 Å². The molecule has 0 radical (unpaired) electrons. The molecule has 0 aromatic heterocycles. The molecule has 1 heterocycles. The van der Waals surface area contributed by atoms with Crippen molar-refractivity contribution in [2.24, 2.45) is 5.92 Å². The molecular weight excluding hydrogens is 384 g/mol. The van der Waals surface area contributed by atoms with Gasteiger partial charge in [0.1, 0.15) is 5.78 Å². The molecule has 1 aromatic carbocycles. The number of ketones is 1. The molecule has 7 nitrogen and oxygen atoms in total. The molecule has 0 spiro atoms. The average molecular weight is 403 g/mol.